The van der Waals surface area contributed by atoms with Crippen molar-refractivity contribution in [1.82, 2.24) is 5.32 Å². The molecule has 0 aliphatic carbocycles. The number of aliphatic carboxylic acids is 1. The van der Waals surface area contributed by atoms with E-state index >= 15 is 0 Å². The molecule has 1 amide bonds. The summed E-state index contributed by atoms with van der Waals surface area (Å²) < 4.78 is 5.44. The van der Waals surface area contributed by atoms with Crippen LogP contribution in [0.5, 0.6) is 5.75 Å². The molecule has 0 aliphatic rings. The summed E-state index contributed by atoms with van der Waals surface area (Å²) in [6.45, 7) is 2.69. The Morgan fingerprint density at radius 1 is 1.40 bits per heavy atom. The topological polar surface area (TPSA) is 75.6 Å². The van der Waals surface area contributed by atoms with Gasteiger partial charge in [-0.3, -0.25) is 9.59 Å². The van der Waals surface area contributed by atoms with E-state index in [-0.39, 0.29) is 17.4 Å². The van der Waals surface area contributed by atoms with Gasteiger partial charge in [-0.05, 0) is 19.1 Å². The summed E-state index contributed by atoms with van der Waals surface area (Å²) in [6.07, 6.45) is 0. The van der Waals surface area contributed by atoms with Gasteiger partial charge >= 0.3 is 5.97 Å². The Kier molecular flexibility index (Phi) is 7.25. The van der Waals surface area contributed by atoms with Gasteiger partial charge in [0.05, 0.1) is 18.1 Å². The smallest absolute Gasteiger partial charge is 0.313 e. The monoisotopic (exact) mass is 317 g/mol. The fourth-order valence-electron chi connectivity index (χ4n) is 1.44. The van der Waals surface area contributed by atoms with Gasteiger partial charge in [0.15, 0.2) is 0 Å². The van der Waals surface area contributed by atoms with Crippen molar-refractivity contribution in [2.24, 2.45) is 0 Å². The number of carboxylic acids is 1. The summed E-state index contributed by atoms with van der Waals surface area (Å²) >= 11 is 6.94. The summed E-state index contributed by atoms with van der Waals surface area (Å²) in [4.78, 5) is 21.9. The van der Waals surface area contributed by atoms with Crippen molar-refractivity contribution in [1.29, 1.82) is 0 Å². The number of amides is 1. The first-order valence-electron chi connectivity index (χ1n) is 6.00. The van der Waals surface area contributed by atoms with Crippen LogP contribution in [0.4, 0.5) is 0 Å². The molecule has 0 bridgehead atoms. The number of nitrogens with one attached hydrogen (secondary N) is 1. The maximum atomic E-state index is 11.5. The maximum Gasteiger partial charge on any atom is 0.313 e. The lowest BCUT2D eigenvalue weighted by atomic mass is 10.2. The van der Waals surface area contributed by atoms with Crippen LogP contribution >= 0.6 is 23.4 Å². The molecule has 0 fully saturated rings. The van der Waals surface area contributed by atoms with Crippen molar-refractivity contribution in [3.8, 4) is 5.75 Å². The van der Waals surface area contributed by atoms with Gasteiger partial charge in [-0.1, -0.05) is 17.7 Å². The quantitative estimate of drug-likeness (QED) is 0.768. The van der Waals surface area contributed by atoms with Crippen LogP contribution in [0.2, 0.25) is 5.02 Å². The lowest BCUT2D eigenvalue weighted by Gasteiger charge is -2.11. The molecule has 1 aromatic rings. The second kappa shape index (κ2) is 8.71. The van der Waals surface area contributed by atoms with E-state index in [1.807, 2.05) is 6.92 Å². The van der Waals surface area contributed by atoms with E-state index in [1.165, 1.54) is 0 Å². The molecule has 0 saturated heterocycles. The number of carbonyl (C=O) groups is 2. The number of ether oxygens (including phenoxy) is 1. The van der Waals surface area contributed by atoms with Crippen molar-refractivity contribution >= 4 is 35.2 Å². The van der Waals surface area contributed by atoms with Crippen LogP contribution in [0.25, 0.3) is 0 Å². The van der Waals surface area contributed by atoms with Gasteiger partial charge < -0.3 is 15.2 Å². The standard InChI is InChI=1S/C13H16ClNO4S/c1-2-19-11-5-10(14)4-3-9(11)6-15-12(16)7-20-8-13(17)18/h3-5H,2,6-8H2,1H3,(H,15,16)(H,17,18). The Balaban J connectivity index is 2.48. The molecule has 0 heterocycles. The first kappa shape index (κ1) is 16.7. The molecule has 110 valence electrons. The van der Waals surface area contributed by atoms with E-state index in [0.717, 1.165) is 17.3 Å². The van der Waals surface area contributed by atoms with E-state index in [0.29, 0.717) is 23.9 Å². The maximum absolute atomic E-state index is 11.5. The van der Waals surface area contributed by atoms with Gasteiger partial charge in [0.1, 0.15) is 5.75 Å². The number of hydrogen-bond acceptors (Lipinski definition) is 4. The Hall–Kier alpha value is -1.40. The van der Waals surface area contributed by atoms with Crippen LogP contribution in [-0.2, 0) is 16.1 Å². The zero-order valence-corrected chi connectivity index (χ0v) is 12.6. The zero-order chi connectivity index (χ0) is 15.0. The first-order chi connectivity index (χ1) is 9.52. The molecular weight excluding hydrogens is 302 g/mol. The van der Waals surface area contributed by atoms with Crippen LogP contribution in [0.3, 0.4) is 0 Å². The van der Waals surface area contributed by atoms with Gasteiger partial charge in [0, 0.05) is 17.1 Å². The van der Waals surface area contributed by atoms with Crippen LogP contribution < -0.4 is 10.1 Å². The fourth-order valence-corrected chi connectivity index (χ4v) is 2.17. The Morgan fingerprint density at radius 3 is 2.80 bits per heavy atom. The van der Waals surface area contributed by atoms with Crippen molar-refractivity contribution < 1.29 is 19.4 Å². The van der Waals surface area contributed by atoms with E-state index in [2.05, 4.69) is 5.32 Å². The molecule has 0 atom stereocenters. The number of carboxylic acid groups (broad SMARTS) is 1. The summed E-state index contributed by atoms with van der Waals surface area (Å²) in [5.41, 5.74) is 0.827. The molecule has 2 N–H and O–H groups in total. The van der Waals surface area contributed by atoms with E-state index in [9.17, 15) is 9.59 Å². The third kappa shape index (κ3) is 6.16. The van der Waals surface area contributed by atoms with Crippen molar-refractivity contribution in [2.75, 3.05) is 18.1 Å². The SMILES string of the molecule is CCOc1cc(Cl)ccc1CNC(=O)CSCC(=O)O. The number of hydrogen-bond donors (Lipinski definition) is 2. The largest absolute Gasteiger partial charge is 0.493 e. The summed E-state index contributed by atoms with van der Waals surface area (Å²) in [6, 6.07) is 5.22. The van der Waals surface area contributed by atoms with Gasteiger partial charge in [0.25, 0.3) is 0 Å². The number of carbonyl (C=O) groups excluding carboxylic acids is 1. The molecule has 0 spiro atoms. The fraction of sp³-hybridized carbons (Fsp3) is 0.385. The van der Waals surface area contributed by atoms with E-state index < -0.39 is 5.97 Å². The lowest BCUT2D eigenvalue weighted by Crippen LogP contribution is -2.25. The molecule has 0 aromatic heterocycles. The molecule has 5 nitrogen and oxygen atoms in total. The Morgan fingerprint density at radius 2 is 2.15 bits per heavy atom. The molecule has 0 saturated carbocycles. The minimum absolute atomic E-state index is 0.0848. The average Bonchev–Trinajstić information content (AvgIpc) is 2.37. The molecular formula is C13H16ClNO4S. The molecule has 7 heteroatoms. The van der Waals surface area contributed by atoms with Crippen LogP contribution in [0.15, 0.2) is 18.2 Å². The normalized spacial score (nSPS) is 10.1. The minimum Gasteiger partial charge on any atom is -0.493 e. The molecule has 0 unspecified atom stereocenters. The molecule has 1 rings (SSSR count). The van der Waals surface area contributed by atoms with Crippen LogP contribution in [0, 0.1) is 0 Å². The Bertz CT molecular complexity index is 481. The molecule has 1 aromatic carbocycles. The highest BCUT2D eigenvalue weighted by Gasteiger charge is 2.08. The van der Waals surface area contributed by atoms with Gasteiger partial charge in [-0.15, -0.1) is 11.8 Å². The van der Waals surface area contributed by atoms with Gasteiger partial charge in [-0.2, -0.15) is 0 Å². The summed E-state index contributed by atoms with van der Waals surface area (Å²) in [5, 5.41) is 11.8. The van der Waals surface area contributed by atoms with Gasteiger partial charge in [-0.25, -0.2) is 0 Å². The minimum atomic E-state index is -0.931. The highest BCUT2D eigenvalue weighted by atomic mass is 35.5. The van der Waals surface area contributed by atoms with E-state index in [4.69, 9.17) is 21.4 Å². The second-order valence-electron chi connectivity index (χ2n) is 3.85. The highest BCUT2D eigenvalue weighted by Crippen LogP contribution is 2.23. The number of benzene rings is 1. The molecule has 0 radical (unpaired) electrons. The average molecular weight is 318 g/mol. The second-order valence-corrected chi connectivity index (χ2v) is 5.27. The predicted molar refractivity (Wildman–Crippen MR) is 79.4 cm³/mol. The summed E-state index contributed by atoms with van der Waals surface area (Å²) in [5.74, 6) is -0.478. The highest BCUT2D eigenvalue weighted by molar-refractivity contribution is 8.00. The van der Waals surface area contributed by atoms with Crippen LogP contribution in [0.1, 0.15) is 12.5 Å². The van der Waals surface area contributed by atoms with Crippen molar-refractivity contribution in [3.63, 3.8) is 0 Å². The van der Waals surface area contributed by atoms with E-state index in [1.54, 1.807) is 18.2 Å². The van der Waals surface area contributed by atoms with Crippen molar-refractivity contribution in [2.45, 2.75) is 13.5 Å². The van der Waals surface area contributed by atoms with Gasteiger partial charge in [0.2, 0.25) is 5.91 Å². The Labute approximate surface area is 126 Å². The van der Waals surface area contributed by atoms with Crippen LogP contribution in [-0.4, -0.2) is 35.1 Å². The number of thioether (sulfide) groups is 1. The third-order valence-corrected chi connectivity index (χ3v) is 3.42. The predicted octanol–water partition coefficient (Wildman–Crippen LogP) is 2.17. The number of halogens is 1. The number of rotatable bonds is 8. The third-order valence-electron chi connectivity index (χ3n) is 2.26. The molecule has 0 aliphatic heterocycles. The zero-order valence-electron chi connectivity index (χ0n) is 11.0. The van der Waals surface area contributed by atoms with Crippen molar-refractivity contribution in [3.05, 3.63) is 28.8 Å². The lowest BCUT2D eigenvalue weighted by molar-refractivity contribution is -0.133. The first-order valence-corrected chi connectivity index (χ1v) is 7.53. The molecule has 20 heavy (non-hydrogen) atoms. The summed E-state index contributed by atoms with van der Waals surface area (Å²) in [7, 11) is 0.